The van der Waals surface area contributed by atoms with E-state index in [0.717, 1.165) is 41.5 Å². The van der Waals surface area contributed by atoms with Gasteiger partial charge in [-0.2, -0.15) is 5.10 Å². The van der Waals surface area contributed by atoms with Gasteiger partial charge in [-0.1, -0.05) is 42.5 Å². The summed E-state index contributed by atoms with van der Waals surface area (Å²) in [5.41, 5.74) is 5.02. The number of nitrogens with zero attached hydrogens (tertiary/aromatic N) is 5. The number of piperazine rings is 1. The van der Waals surface area contributed by atoms with Crippen molar-refractivity contribution in [1.82, 2.24) is 19.5 Å². The minimum Gasteiger partial charge on any atom is -0.495 e. The Hall–Kier alpha value is -3.87. The number of ether oxygens (including phenoxy) is 1. The molecule has 5 rings (SSSR count). The van der Waals surface area contributed by atoms with E-state index in [1.54, 1.807) is 17.7 Å². The van der Waals surface area contributed by atoms with Crippen molar-refractivity contribution >= 4 is 17.2 Å². The second kappa shape index (κ2) is 8.34. The molecule has 1 aliphatic rings. The van der Waals surface area contributed by atoms with Crippen LogP contribution in [0.3, 0.4) is 0 Å². The van der Waals surface area contributed by atoms with Gasteiger partial charge < -0.3 is 14.5 Å². The maximum Gasteiger partial charge on any atom is 0.274 e. The van der Waals surface area contributed by atoms with Crippen LogP contribution < -0.4 is 9.64 Å². The van der Waals surface area contributed by atoms with E-state index >= 15 is 0 Å². The third-order valence-corrected chi connectivity index (χ3v) is 5.89. The zero-order valence-electron chi connectivity index (χ0n) is 18.2. The lowest BCUT2D eigenvalue weighted by Gasteiger charge is -2.36. The molecule has 0 aliphatic carbocycles. The van der Waals surface area contributed by atoms with Crippen LogP contribution in [0.15, 0.2) is 66.7 Å². The Labute approximate surface area is 186 Å². The Morgan fingerprint density at radius 1 is 0.938 bits per heavy atom. The molecular formula is C25H25N5O2. The molecule has 0 saturated carbocycles. The maximum absolute atomic E-state index is 13.2. The Morgan fingerprint density at radius 2 is 1.66 bits per heavy atom. The summed E-state index contributed by atoms with van der Waals surface area (Å²) in [5, 5.41) is 4.56. The molecule has 7 nitrogen and oxygen atoms in total. The van der Waals surface area contributed by atoms with Gasteiger partial charge in [0.15, 0.2) is 11.3 Å². The number of aromatic nitrogens is 3. The average molecular weight is 428 g/mol. The molecule has 0 N–H and O–H groups in total. The fraction of sp³-hybridized carbons (Fsp3) is 0.240. The smallest absolute Gasteiger partial charge is 0.274 e. The summed E-state index contributed by atoms with van der Waals surface area (Å²) in [6.07, 6.45) is 0. The first-order chi connectivity index (χ1) is 15.6. The van der Waals surface area contributed by atoms with E-state index in [1.165, 1.54) is 0 Å². The molecule has 2 aromatic carbocycles. The molecule has 0 atom stereocenters. The molecule has 0 bridgehead atoms. The zero-order valence-corrected chi connectivity index (χ0v) is 18.2. The Balaban J connectivity index is 1.35. The van der Waals surface area contributed by atoms with Gasteiger partial charge in [0.1, 0.15) is 5.75 Å². The van der Waals surface area contributed by atoms with Gasteiger partial charge in [-0.05, 0) is 25.1 Å². The van der Waals surface area contributed by atoms with Crippen LogP contribution in [0.4, 0.5) is 5.69 Å². The lowest BCUT2D eigenvalue weighted by Crippen LogP contribution is -2.49. The third-order valence-electron chi connectivity index (χ3n) is 5.89. The molecule has 1 fully saturated rings. The van der Waals surface area contributed by atoms with E-state index in [0.29, 0.717) is 24.4 Å². The van der Waals surface area contributed by atoms with Crippen molar-refractivity contribution in [2.45, 2.75) is 6.92 Å². The number of amides is 1. The van der Waals surface area contributed by atoms with E-state index in [1.807, 2.05) is 66.4 Å². The van der Waals surface area contributed by atoms with E-state index in [4.69, 9.17) is 9.72 Å². The third kappa shape index (κ3) is 3.66. The van der Waals surface area contributed by atoms with E-state index in [9.17, 15) is 4.79 Å². The highest BCUT2D eigenvalue weighted by molar-refractivity contribution is 5.93. The van der Waals surface area contributed by atoms with Crippen LogP contribution in [0.5, 0.6) is 5.75 Å². The first-order valence-corrected chi connectivity index (χ1v) is 10.7. The number of anilines is 1. The normalized spacial score (nSPS) is 14.1. The molecule has 3 heterocycles. The van der Waals surface area contributed by atoms with E-state index < -0.39 is 0 Å². The summed E-state index contributed by atoms with van der Waals surface area (Å²) in [5.74, 6) is 0.791. The van der Waals surface area contributed by atoms with Crippen molar-refractivity contribution in [2.24, 2.45) is 0 Å². The zero-order chi connectivity index (χ0) is 22.1. The molecule has 1 saturated heterocycles. The number of hydrogen-bond donors (Lipinski definition) is 0. The van der Waals surface area contributed by atoms with Crippen molar-refractivity contribution in [3.63, 3.8) is 0 Å². The number of methoxy groups -OCH3 is 1. The highest BCUT2D eigenvalue weighted by atomic mass is 16.5. The molecule has 1 amide bonds. The second-order valence-corrected chi connectivity index (χ2v) is 7.90. The molecular weight excluding hydrogens is 402 g/mol. The number of hydrogen-bond acceptors (Lipinski definition) is 5. The second-order valence-electron chi connectivity index (χ2n) is 7.90. The monoisotopic (exact) mass is 427 g/mol. The first kappa shape index (κ1) is 20.1. The van der Waals surface area contributed by atoms with Crippen LogP contribution >= 0.6 is 0 Å². The minimum atomic E-state index is -0.0594. The van der Waals surface area contributed by atoms with Crippen molar-refractivity contribution in [2.75, 3.05) is 38.2 Å². The van der Waals surface area contributed by atoms with E-state index in [2.05, 4.69) is 16.1 Å². The Kier molecular flexibility index (Phi) is 5.23. The van der Waals surface area contributed by atoms with Gasteiger partial charge in [0, 0.05) is 43.5 Å². The number of benzene rings is 2. The molecule has 1 aliphatic heterocycles. The number of rotatable bonds is 4. The standard InChI is InChI=1S/C25H25N5O2/c1-18-16-20(19-8-4-3-5-9-19)26-24-17-21(27-30(18)24)25(31)29-14-12-28(13-15-29)22-10-6-7-11-23(22)32-2/h3-11,16-17H,12-15H2,1-2H3. The fourth-order valence-electron chi connectivity index (χ4n) is 4.19. The van der Waals surface area contributed by atoms with Gasteiger partial charge in [-0.25, -0.2) is 9.50 Å². The maximum atomic E-state index is 13.2. The largest absolute Gasteiger partial charge is 0.495 e. The molecule has 0 unspecified atom stereocenters. The number of carbonyl (C=O) groups excluding carboxylic acids is 1. The van der Waals surface area contributed by atoms with Gasteiger partial charge >= 0.3 is 0 Å². The average Bonchev–Trinajstić information content (AvgIpc) is 3.29. The lowest BCUT2D eigenvalue weighted by molar-refractivity contribution is 0.0740. The predicted molar refractivity (Wildman–Crippen MR) is 124 cm³/mol. The molecule has 0 radical (unpaired) electrons. The highest BCUT2D eigenvalue weighted by Crippen LogP contribution is 2.28. The Bertz CT molecular complexity index is 1260. The van der Waals surface area contributed by atoms with Gasteiger partial charge in [0.25, 0.3) is 5.91 Å². The number of para-hydroxylation sites is 2. The molecule has 7 heteroatoms. The van der Waals surface area contributed by atoms with Crippen LogP contribution in [-0.4, -0.2) is 58.7 Å². The lowest BCUT2D eigenvalue weighted by atomic mass is 10.1. The predicted octanol–water partition coefficient (Wildman–Crippen LogP) is 3.68. The summed E-state index contributed by atoms with van der Waals surface area (Å²) in [6.45, 7) is 4.73. The molecule has 32 heavy (non-hydrogen) atoms. The van der Waals surface area contributed by atoms with Crippen LogP contribution in [0.1, 0.15) is 16.2 Å². The van der Waals surface area contributed by atoms with Crippen LogP contribution in [0.2, 0.25) is 0 Å². The van der Waals surface area contributed by atoms with Crippen molar-refractivity contribution in [3.8, 4) is 17.0 Å². The topological polar surface area (TPSA) is 63.0 Å². The van der Waals surface area contributed by atoms with Crippen molar-refractivity contribution < 1.29 is 9.53 Å². The number of fused-ring (bicyclic) bond motifs is 1. The van der Waals surface area contributed by atoms with E-state index in [-0.39, 0.29) is 5.91 Å². The van der Waals surface area contributed by atoms with Crippen LogP contribution in [0, 0.1) is 6.92 Å². The highest BCUT2D eigenvalue weighted by Gasteiger charge is 2.25. The van der Waals surface area contributed by atoms with Gasteiger partial charge in [-0.15, -0.1) is 0 Å². The van der Waals surface area contributed by atoms with Gasteiger partial charge in [-0.3, -0.25) is 4.79 Å². The summed E-state index contributed by atoms with van der Waals surface area (Å²) >= 11 is 0. The molecule has 4 aromatic rings. The van der Waals surface area contributed by atoms with Crippen molar-refractivity contribution in [3.05, 3.63) is 78.1 Å². The van der Waals surface area contributed by atoms with Gasteiger partial charge in [0.2, 0.25) is 0 Å². The minimum absolute atomic E-state index is 0.0594. The van der Waals surface area contributed by atoms with Crippen LogP contribution in [-0.2, 0) is 0 Å². The molecule has 162 valence electrons. The van der Waals surface area contributed by atoms with Crippen molar-refractivity contribution in [1.29, 1.82) is 0 Å². The summed E-state index contributed by atoms with van der Waals surface area (Å²) in [7, 11) is 1.68. The number of carbonyl (C=O) groups is 1. The number of aryl methyl sites for hydroxylation is 1. The quantitative estimate of drug-likeness (QED) is 0.497. The first-order valence-electron chi connectivity index (χ1n) is 10.7. The SMILES string of the molecule is COc1ccccc1N1CCN(C(=O)c2cc3nc(-c4ccccc4)cc(C)n3n2)CC1. The Morgan fingerprint density at radius 3 is 2.41 bits per heavy atom. The fourth-order valence-corrected chi connectivity index (χ4v) is 4.19. The van der Waals surface area contributed by atoms with Gasteiger partial charge in [0.05, 0.1) is 18.5 Å². The van der Waals surface area contributed by atoms with Crippen LogP contribution in [0.25, 0.3) is 16.9 Å². The summed E-state index contributed by atoms with van der Waals surface area (Å²) in [4.78, 5) is 22.0. The molecule has 0 spiro atoms. The summed E-state index contributed by atoms with van der Waals surface area (Å²) in [6, 6.07) is 21.8. The molecule has 2 aromatic heterocycles. The summed E-state index contributed by atoms with van der Waals surface area (Å²) < 4.78 is 7.23.